The van der Waals surface area contributed by atoms with Crippen molar-refractivity contribution in [2.45, 2.75) is 45.8 Å². The van der Waals surface area contributed by atoms with Crippen LogP contribution in [-0.2, 0) is 4.74 Å². The molecule has 1 aliphatic rings. The highest BCUT2D eigenvalue weighted by Gasteiger charge is 2.32. The Hall–Kier alpha value is -0.770. The van der Waals surface area contributed by atoms with Crippen molar-refractivity contribution in [2.24, 2.45) is 5.92 Å². The zero-order valence-electron chi connectivity index (χ0n) is 12.0. The molecule has 0 bridgehead atoms. The molecule has 0 aliphatic carbocycles. The molecule has 4 heteroatoms. The Morgan fingerprint density at radius 3 is 2.53 bits per heavy atom. The highest BCUT2D eigenvalue weighted by atomic mass is 16.6. The second-order valence-corrected chi connectivity index (χ2v) is 6.19. The van der Waals surface area contributed by atoms with Crippen LogP contribution in [0.5, 0.6) is 0 Å². The molecule has 0 aromatic heterocycles. The number of likely N-dealkylation sites (N-methyl/N-ethyl adjacent to an activating group) is 2. The Morgan fingerprint density at radius 2 is 2.00 bits per heavy atom. The van der Waals surface area contributed by atoms with Gasteiger partial charge in [-0.3, -0.25) is 0 Å². The van der Waals surface area contributed by atoms with E-state index in [1.165, 1.54) is 0 Å². The van der Waals surface area contributed by atoms with E-state index in [2.05, 4.69) is 18.9 Å². The van der Waals surface area contributed by atoms with Crippen LogP contribution in [-0.4, -0.2) is 54.7 Å². The number of rotatable bonds is 1. The fourth-order valence-electron chi connectivity index (χ4n) is 2.18. The van der Waals surface area contributed by atoms with E-state index in [0.29, 0.717) is 5.92 Å². The molecule has 0 spiro atoms. The van der Waals surface area contributed by atoms with Gasteiger partial charge in [-0.25, -0.2) is 4.79 Å². The van der Waals surface area contributed by atoms with E-state index in [-0.39, 0.29) is 12.1 Å². The minimum atomic E-state index is -0.421. The molecule has 1 amide bonds. The maximum atomic E-state index is 12.0. The lowest BCUT2D eigenvalue weighted by Crippen LogP contribution is -2.52. The first-order valence-electron chi connectivity index (χ1n) is 6.35. The van der Waals surface area contributed by atoms with Crippen molar-refractivity contribution < 1.29 is 9.53 Å². The van der Waals surface area contributed by atoms with Gasteiger partial charge >= 0.3 is 6.09 Å². The van der Waals surface area contributed by atoms with Crippen LogP contribution >= 0.6 is 0 Å². The minimum Gasteiger partial charge on any atom is -0.444 e. The van der Waals surface area contributed by atoms with Crippen LogP contribution in [0.25, 0.3) is 0 Å². The van der Waals surface area contributed by atoms with E-state index in [1.54, 1.807) is 4.90 Å². The fourth-order valence-corrected chi connectivity index (χ4v) is 2.18. The van der Waals surface area contributed by atoms with Gasteiger partial charge in [-0.2, -0.15) is 0 Å². The van der Waals surface area contributed by atoms with Crippen molar-refractivity contribution in [2.75, 3.05) is 27.2 Å². The first-order chi connectivity index (χ1) is 7.70. The van der Waals surface area contributed by atoms with Crippen LogP contribution in [0.3, 0.4) is 0 Å². The van der Waals surface area contributed by atoms with Crippen LogP contribution in [0.2, 0.25) is 0 Å². The summed E-state index contributed by atoms with van der Waals surface area (Å²) >= 11 is 0. The number of piperidine rings is 1. The van der Waals surface area contributed by atoms with Crippen molar-refractivity contribution in [3.05, 3.63) is 0 Å². The number of carbonyl (C=O) groups excluding carboxylic acids is 1. The molecule has 0 aromatic rings. The lowest BCUT2D eigenvalue weighted by Gasteiger charge is -2.40. The summed E-state index contributed by atoms with van der Waals surface area (Å²) in [7, 11) is 3.94. The molecule has 0 saturated carbocycles. The summed E-state index contributed by atoms with van der Waals surface area (Å²) in [5, 5.41) is 0. The molecule has 1 aliphatic heterocycles. The second kappa shape index (κ2) is 5.25. The lowest BCUT2D eigenvalue weighted by atomic mass is 9.93. The summed E-state index contributed by atoms with van der Waals surface area (Å²) in [6.07, 6.45) is 0.915. The molecular weight excluding hydrogens is 216 g/mol. The summed E-state index contributed by atoms with van der Waals surface area (Å²) in [5.74, 6) is 0.531. The first-order valence-corrected chi connectivity index (χ1v) is 6.35. The van der Waals surface area contributed by atoms with Gasteiger partial charge in [0.2, 0.25) is 0 Å². The quantitative estimate of drug-likeness (QED) is 0.706. The van der Waals surface area contributed by atoms with Gasteiger partial charge in [0.1, 0.15) is 5.60 Å². The van der Waals surface area contributed by atoms with Crippen LogP contribution in [0.1, 0.15) is 34.1 Å². The Kier molecular flexibility index (Phi) is 4.42. The molecule has 2 unspecified atom stereocenters. The number of nitrogens with zero attached hydrogens (tertiary/aromatic N) is 2. The van der Waals surface area contributed by atoms with E-state index >= 15 is 0 Å². The monoisotopic (exact) mass is 242 g/mol. The Balaban J connectivity index is 2.61. The van der Waals surface area contributed by atoms with E-state index < -0.39 is 5.60 Å². The molecule has 2 atom stereocenters. The summed E-state index contributed by atoms with van der Waals surface area (Å²) in [4.78, 5) is 16.0. The lowest BCUT2D eigenvalue weighted by molar-refractivity contribution is 0.00688. The van der Waals surface area contributed by atoms with Gasteiger partial charge in [-0.1, -0.05) is 6.92 Å². The fraction of sp³-hybridized carbons (Fsp3) is 0.923. The first kappa shape index (κ1) is 14.3. The van der Waals surface area contributed by atoms with Crippen molar-refractivity contribution in [1.82, 2.24) is 9.80 Å². The summed E-state index contributed by atoms with van der Waals surface area (Å²) in [6.45, 7) is 9.94. The van der Waals surface area contributed by atoms with Gasteiger partial charge in [-0.15, -0.1) is 0 Å². The molecule has 0 aromatic carbocycles. The number of ether oxygens (including phenoxy) is 1. The second-order valence-electron chi connectivity index (χ2n) is 6.19. The van der Waals surface area contributed by atoms with Crippen molar-refractivity contribution in [1.29, 1.82) is 0 Å². The largest absolute Gasteiger partial charge is 0.444 e. The number of hydrogen-bond acceptors (Lipinski definition) is 3. The van der Waals surface area contributed by atoms with E-state index in [1.807, 2.05) is 27.8 Å². The normalized spacial score (nSPS) is 26.7. The van der Waals surface area contributed by atoms with E-state index in [9.17, 15) is 4.79 Å². The average Bonchev–Trinajstić information content (AvgIpc) is 2.18. The number of amides is 1. The van der Waals surface area contributed by atoms with Crippen molar-refractivity contribution >= 4 is 6.09 Å². The third kappa shape index (κ3) is 4.19. The minimum absolute atomic E-state index is 0.218. The van der Waals surface area contributed by atoms with Gasteiger partial charge in [0.15, 0.2) is 0 Å². The van der Waals surface area contributed by atoms with Gasteiger partial charge in [0.25, 0.3) is 0 Å². The predicted octanol–water partition coefficient (Wildman–Crippen LogP) is 2.19. The number of hydrogen-bond donors (Lipinski definition) is 0. The van der Waals surface area contributed by atoms with Crippen molar-refractivity contribution in [3.63, 3.8) is 0 Å². The summed E-state index contributed by atoms with van der Waals surface area (Å²) in [5.41, 5.74) is -0.421. The third-order valence-electron chi connectivity index (χ3n) is 3.30. The maximum absolute atomic E-state index is 12.0. The topological polar surface area (TPSA) is 32.8 Å². The molecule has 1 heterocycles. The molecule has 1 rings (SSSR count). The molecule has 0 radical (unpaired) electrons. The molecule has 4 nitrogen and oxygen atoms in total. The molecule has 0 N–H and O–H groups in total. The Labute approximate surface area is 105 Å². The third-order valence-corrected chi connectivity index (χ3v) is 3.30. The van der Waals surface area contributed by atoms with Gasteiger partial charge in [0, 0.05) is 19.6 Å². The molecule has 1 saturated heterocycles. The smallest absolute Gasteiger partial charge is 0.410 e. The predicted molar refractivity (Wildman–Crippen MR) is 69.1 cm³/mol. The van der Waals surface area contributed by atoms with Gasteiger partial charge in [-0.05, 0) is 46.7 Å². The number of likely N-dealkylation sites (tertiary alicyclic amines) is 1. The summed E-state index contributed by atoms with van der Waals surface area (Å²) in [6, 6.07) is 0.253. The van der Waals surface area contributed by atoms with Crippen LogP contribution in [0.15, 0.2) is 0 Å². The van der Waals surface area contributed by atoms with Crippen LogP contribution in [0, 0.1) is 5.92 Å². The highest BCUT2D eigenvalue weighted by Crippen LogP contribution is 2.21. The zero-order valence-corrected chi connectivity index (χ0v) is 12.0. The Bertz CT molecular complexity index is 273. The number of carbonyl (C=O) groups is 1. The molecule has 100 valence electrons. The molecular formula is C13H26N2O2. The molecule has 1 fully saturated rings. The van der Waals surface area contributed by atoms with E-state index in [0.717, 1.165) is 19.5 Å². The zero-order chi connectivity index (χ0) is 13.2. The van der Waals surface area contributed by atoms with E-state index in [4.69, 9.17) is 4.74 Å². The maximum Gasteiger partial charge on any atom is 0.410 e. The standard InChI is InChI=1S/C13H26N2O2/c1-10-7-8-14(5)9-11(10)15(6)12(16)17-13(2,3)4/h10-11H,7-9H2,1-6H3. The average molecular weight is 242 g/mol. The van der Waals surface area contributed by atoms with Crippen LogP contribution in [0.4, 0.5) is 4.79 Å². The molecule has 17 heavy (non-hydrogen) atoms. The van der Waals surface area contributed by atoms with Crippen molar-refractivity contribution in [3.8, 4) is 0 Å². The highest BCUT2D eigenvalue weighted by molar-refractivity contribution is 5.68. The van der Waals surface area contributed by atoms with Gasteiger partial charge in [0.05, 0.1) is 0 Å². The Morgan fingerprint density at radius 1 is 1.41 bits per heavy atom. The van der Waals surface area contributed by atoms with Crippen LogP contribution < -0.4 is 0 Å². The summed E-state index contributed by atoms with van der Waals surface area (Å²) < 4.78 is 5.40. The SMILES string of the molecule is CC1CCN(C)CC1N(C)C(=O)OC(C)(C)C. The van der Waals surface area contributed by atoms with Gasteiger partial charge < -0.3 is 14.5 Å².